The van der Waals surface area contributed by atoms with E-state index in [2.05, 4.69) is 22.1 Å². The highest BCUT2D eigenvalue weighted by molar-refractivity contribution is 7.15. The van der Waals surface area contributed by atoms with Gasteiger partial charge in [0.25, 0.3) is 5.91 Å². The number of aromatic nitrogens is 1. The molecule has 1 aromatic heterocycles. The van der Waals surface area contributed by atoms with Crippen LogP contribution >= 0.6 is 22.9 Å². The van der Waals surface area contributed by atoms with Crippen LogP contribution in [-0.2, 0) is 13.0 Å². The number of carbonyl (C=O) groups is 1. The molecule has 8 heteroatoms. The molecule has 0 saturated carbocycles. The number of nitrogens with one attached hydrogen (secondary N) is 1. The number of halogens is 1. The highest BCUT2D eigenvalue weighted by atomic mass is 35.5. The lowest BCUT2D eigenvalue weighted by atomic mass is 10.2. The number of likely N-dealkylation sites (N-methyl/N-ethyl adjacent to an activating group) is 1. The van der Waals surface area contributed by atoms with Gasteiger partial charge in [-0.1, -0.05) is 25.4 Å². The number of nitrogens with zero attached hydrogens (tertiary/aromatic N) is 2. The molecule has 0 spiro atoms. The molecule has 1 amide bonds. The summed E-state index contributed by atoms with van der Waals surface area (Å²) < 4.78 is 11.0. The Hall–Kier alpha value is -1.83. The summed E-state index contributed by atoms with van der Waals surface area (Å²) in [6.07, 6.45) is 1.77. The average Bonchev–Trinajstić information content (AvgIpc) is 3.07. The highest BCUT2D eigenvalue weighted by Crippen LogP contribution is 2.37. The second-order valence-corrected chi connectivity index (χ2v) is 7.79. The third-order valence-electron chi connectivity index (χ3n) is 4.42. The van der Waals surface area contributed by atoms with Gasteiger partial charge < -0.3 is 9.47 Å². The van der Waals surface area contributed by atoms with Crippen molar-refractivity contribution in [2.45, 2.75) is 33.2 Å². The van der Waals surface area contributed by atoms with E-state index >= 15 is 0 Å². The minimum Gasteiger partial charge on any atom is -0.493 e. The molecule has 6 nitrogen and oxygen atoms in total. The van der Waals surface area contributed by atoms with Gasteiger partial charge >= 0.3 is 0 Å². The molecule has 1 aliphatic heterocycles. The molecule has 0 unspecified atom stereocenters. The fourth-order valence-corrected chi connectivity index (χ4v) is 4.25. The summed E-state index contributed by atoms with van der Waals surface area (Å²) in [6.45, 7) is 7.61. The van der Waals surface area contributed by atoms with Crippen LogP contribution in [0.25, 0.3) is 0 Å². The predicted molar refractivity (Wildman–Crippen MR) is 109 cm³/mol. The number of benzene rings is 1. The van der Waals surface area contributed by atoms with E-state index < -0.39 is 0 Å². The second-order valence-electron chi connectivity index (χ2n) is 6.30. The topological polar surface area (TPSA) is 63.7 Å². The van der Waals surface area contributed by atoms with Gasteiger partial charge in [0.1, 0.15) is 0 Å². The summed E-state index contributed by atoms with van der Waals surface area (Å²) in [7, 11) is 1.53. The van der Waals surface area contributed by atoms with Gasteiger partial charge in [-0.3, -0.25) is 15.0 Å². The van der Waals surface area contributed by atoms with E-state index in [-0.39, 0.29) is 5.91 Å². The standard InChI is InChI=1S/C19H24ClN3O3S/c1-4-8-26-17-13(20)9-12(10-15(17)25-3)18(24)22-19-21-14-6-7-23(5-2)11-16(14)27-19/h9-10H,4-8,11H2,1-3H3,(H,21,22,24). The van der Waals surface area contributed by atoms with E-state index in [0.717, 1.165) is 38.2 Å². The Balaban J connectivity index is 1.77. The SMILES string of the molecule is CCCOc1c(Cl)cc(C(=O)Nc2nc3c(s2)CN(CC)CC3)cc1OC. The molecule has 0 fully saturated rings. The van der Waals surface area contributed by atoms with Crippen molar-refractivity contribution in [1.82, 2.24) is 9.88 Å². The molecule has 2 heterocycles. The number of rotatable bonds is 7. The van der Waals surface area contributed by atoms with Crippen LogP contribution < -0.4 is 14.8 Å². The Labute approximate surface area is 168 Å². The number of anilines is 1. The molecule has 2 aromatic rings. The lowest BCUT2D eigenvalue weighted by Gasteiger charge is -2.23. The van der Waals surface area contributed by atoms with E-state index in [1.165, 1.54) is 23.3 Å². The Morgan fingerprint density at radius 3 is 2.93 bits per heavy atom. The first-order valence-electron chi connectivity index (χ1n) is 9.08. The van der Waals surface area contributed by atoms with Gasteiger partial charge in [-0.05, 0) is 25.1 Å². The number of hydrogen-bond acceptors (Lipinski definition) is 6. The van der Waals surface area contributed by atoms with E-state index in [4.69, 9.17) is 21.1 Å². The highest BCUT2D eigenvalue weighted by Gasteiger charge is 2.21. The molecule has 1 N–H and O–H groups in total. The predicted octanol–water partition coefficient (Wildman–Crippen LogP) is 4.22. The van der Waals surface area contributed by atoms with Gasteiger partial charge in [0.05, 0.1) is 24.4 Å². The number of carbonyl (C=O) groups excluding carboxylic acids is 1. The van der Waals surface area contributed by atoms with Gasteiger partial charge in [0.2, 0.25) is 0 Å². The van der Waals surface area contributed by atoms with Crippen molar-refractivity contribution in [2.24, 2.45) is 0 Å². The quantitative estimate of drug-likeness (QED) is 0.741. The Bertz CT molecular complexity index is 825. The van der Waals surface area contributed by atoms with Crippen molar-refractivity contribution in [1.29, 1.82) is 0 Å². The fraction of sp³-hybridized carbons (Fsp3) is 0.474. The van der Waals surface area contributed by atoms with Crippen LogP contribution in [0.5, 0.6) is 11.5 Å². The average molecular weight is 410 g/mol. The first-order valence-corrected chi connectivity index (χ1v) is 10.3. The van der Waals surface area contributed by atoms with Crippen LogP contribution in [0.1, 0.15) is 41.2 Å². The van der Waals surface area contributed by atoms with Gasteiger partial charge in [-0.25, -0.2) is 4.98 Å². The minimum atomic E-state index is -0.268. The number of ether oxygens (including phenoxy) is 2. The molecule has 146 valence electrons. The maximum absolute atomic E-state index is 12.7. The van der Waals surface area contributed by atoms with Crippen LogP contribution in [0, 0.1) is 0 Å². The number of amides is 1. The van der Waals surface area contributed by atoms with Crippen LogP contribution in [0.3, 0.4) is 0 Å². The smallest absolute Gasteiger partial charge is 0.257 e. The number of hydrogen-bond donors (Lipinski definition) is 1. The van der Waals surface area contributed by atoms with Gasteiger partial charge in [0.15, 0.2) is 16.6 Å². The molecule has 3 rings (SSSR count). The van der Waals surface area contributed by atoms with Crippen molar-refractivity contribution < 1.29 is 14.3 Å². The molecular formula is C19H24ClN3O3S. The van der Waals surface area contributed by atoms with Crippen molar-refractivity contribution in [3.63, 3.8) is 0 Å². The van der Waals surface area contributed by atoms with Crippen molar-refractivity contribution in [3.05, 3.63) is 33.3 Å². The lowest BCUT2D eigenvalue weighted by molar-refractivity contribution is 0.102. The molecule has 0 radical (unpaired) electrons. The summed E-state index contributed by atoms with van der Waals surface area (Å²) in [5, 5.41) is 3.85. The number of thiazole rings is 1. The molecule has 0 saturated heterocycles. The third-order valence-corrected chi connectivity index (χ3v) is 5.70. The third kappa shape index (κ3) is 4.54. The van der Waals surface area contributed by atoms with Crippen LogP contribution in [0.4, 0.5) is 5.13 Å². The van der Waals surface area contributed by atoms with Crippen LogP contribution in [0.15, 0.2) is 12.1 Å². The van der Waals surface area contributed by atoms with Gasteiger partial charge in [-0.2, -0.15) is 0 Å². The van der Waals surface area contributed by atoms with Crippen LogP contribution in [0.2, 0.25) is 5.02 Å². The summed E-state index contributed by atoms with van der Waals surface area (Å²) in [5.41, 5.74) is 1.49. The van der Waals surface area contributed by atoms with Gasteiger partial charge in [0, 0.05) is 30.0 Å². The summed E-state index contributed by atoms with van der Waals surface area (Å²) >= 11 is 7.84. The monoisotopic (exact) mass is 409 g/mol. The van der Waals surface area contributed by atoms with Crippen LogP contribution in [-0.4, -0.2) is 42.6 Å². The Morgan fingerprint density at radius 2 is 2.22 bits per heavy atom. The number of methoxy groups -OCH3 is 1. The minimum absolute atomic E-state index is 0.268. The molecule has 0 aliphatic carbocycles. The van der Waals surface area contributed by atoms with Crippen molar-refractivity contribution >= 4 is 34.0 Å². The van der Waals surface area contributed by atoms with E-state index in [9.17, 15) is 4.79 Å². The molecule has 27 heavy (non-hydrogen) atoms. The first-order chi connectivity index (χ1) is 13.0. The zero-order chi connectivity index (χ0) is 19.4. The zero-order valence-electron chi connectivity index (χ0n) is 15.8. The van der Waals surface area contributed by atoms with E-state index in [0.29, 0.717) is 33.8 Å². The fourth-order valence-electron chi connectivity index (χ4n) is 2.94. The summed E-state index contributed by atoms with van der Waals surface area (Å²) in [6, 6.07) is 3.23. The Morgan fingerprint density at radius 1 is 1.41 bits per heavy atom. The molecule has 0 bridgehead atoms. The number of fused-ring (bicyclic) bond motifs is 1. The van der Waals surface area contributed by atoms with Crippen molar-refractivity contribution in [2.75, 3.05) is 32.1 Å². The lowest BCUT2D eigenvalue weighted by Crippen LogP contribution is -2.29. The Kier molecular flexibility index (Phi) is 6.57. The summed E-state index contributed by atoms with van der Waals surface area (Å²) in [4.78, 5) is 20.8. The summed E-state index contributed by atoms with van der Waals surface area (Å²) in [5.74, 6) is 0.635. The molecule has 0 atom stereocenters. The van der Waals surface area contributed by atoms with E-state index in [1.807, 2.05) is 6.92 Å². The largest absolute Gasteiger partial charge is 0.493 e. The van der Waals surface area contributed by atoms with Crippen molar-refractivity contribution in [3.8, 4) is 11.5 Å². The van der Waals surface area contributed by atoms with Gasteiger partial charge in [-0.15, -0.1) is 11.3 Å². The first kappa shape index (κ1) is 19.9. The molecule has 1 aromatic carbocycles. The second kappa shape index (κ2) is 8.91. The normalized spacial score (nSPS) is 13.9. The maximum atomic E-state index is 12.7. The molecular weight excluding hydrogens is 386 g/mol. The van der Waals surface area contributed by atoms with E-state index in [1.54, 1.807) is 12.1 Å². The maximum Gasteiger partial charge on any atom is 0.257 e. The zero-order valence-corrected chi connectivity index (χ0v) is 17.4. The molecule has 1 aliphatic rings.